The minimum Gasteiger partial charge on any atom is -0.338 e. The molecule has 0 radical (unpaired) electrons. The van der Waals surface area contributed by atoms with Crippen molar-refractivity contribution in [1.82, 2.24) is 9.80 Å². The first-order valence-electron chi connectivity index (χ1n) is 6.89. The highest BCUT2D eigenvalue weighted by Gasteiger charge is 2.33. The topological polar surface area (TPSA) is 23.6 Å². The van der Waals surface area contributed by atoms with Gasteiger partial charge in [-0.2, -0.15) is 0 Å². The summed E-state index contributed by atoms with van der Waals surface area (Å²) >= 11 is 0. The summed E-state index contributed by atoms with van der Waals surface area (Å²) in [5.41, 5.74) is -0.00984. The van der Waals surface area contributed by atoms with E-state index in [1.165, 1.54) is 0 Å². The molecule has 0 aromatic rings. The molecule has 1 aliphatic rings. The first-order chi connectivity index (χ1) is 7.93. The summed E-state index contributed by atoms with van der Waals surface area (Å²) < 4.78 is 0. The summed E-state index contributed by atoms with van der Waals surface area (Å²) in [6.07, 6.45) is 0. The van der Waals surface area contributed by atoms with Crippen molar-refractivity contribution >= 4 is 5.91 Å². The number of hydrogen-bond acceptors (Lipinski definition) is 2. The highest BCUT2D eigenvalue weighted by atomic mass is 16.2. The van der Waals surface area contributed by atoms with Gasteiger partial charge in [-0.1, -0.05) is 41.5 Å². The summed E-state index contributed by atoms with van der Waals surface area (Å²) in [6, 6.07) is 0. The fraction of sp³-hybridized carbons (Fsp3) is 0.929. The van der Waals surface area contributed by atoms with Gasteiger partial charge >= 0.3 is 0 Å². The van der Waals surface area contributed by atoms with Crippen LogP contribution in [-0.2, 0) is 4.79 Å². The standard InChI is InChI=1S/C8H16N2O.3C2H6/c1-8(2)6-9(3)5-7(11)10(8)4;3*1-2/h5-6H2,1-4H3;3*1-2H3. The Balaban J connectivity index is -0.000000285. The van der Waals surface area contributed by atoms with Crippen LogP contribution in [0, 0.1) is 0 Å². The van der Waals surface area contributed by atoms with Crippen LogP contribution in [0.5, 0.6) is 0 Å². The smallest absolute Gasteiger partial charge is 0.236 e. The van der Waals surface area contributed by atoms with Gasteiger partial charge in [-0.25, -0.2) is 0 Å². The number of likely N-dealkylation sites (N-methyl/N-ethyl adjacent to an activating group) is 2. The molecule has 0 N–H and O–H groups in total. The van der Waals surface area contributed by atoms with Gasteiger partial charge in [0.05, 0.1) is 6.54 Å². The molecule has 1 fully saturated rings. The summed E-state index contributed by atoms with van der Waals surface area (Å²) in [4.78, 5) is 15.2. The van der Waals surface area contributed by atoms with Gasteiger partial charge in [0.1, 0.15) is 0 Å². The Morgan fingerprint density at radius 1 is 0.941 bits per heavy atom. The monoisotopic (exact) mass is 246 g/mol. The molecule has 0 aromatic carbocycles. The maximum Gasteiger partial charge on any atom is 0.236 e. The molecule has 17 heavy (non-hydrogen) atoms. The van der Waals surface area contributed by atoms with Gasteiger partial charge < -0.3 is 4.90 Å². The third kappa shape index (κ3) is 8.19. The second kappa shape index (κ2) is 11.9. The molecule has 0 aliphatic carbocycles. The van der Waals surface area contributed by atoms with Crippen LogP contribution in [0.25, 0.3) is 0 Å². The van der Waals surface area contributed by atoms with Crippen molar-refractivity contribution in [2.24, 2.45) is 0 Å². The third-order valence-electron chi connectivity index (χ3n) is 2.34. The molecular weight excluding hydrogens is 212 g/mol. The molecule has 1 saturated heterocycles. The van der Waals surface area contributed by atoms with E-state index in [0.717, 1.165) is 6.54 Å². The molecule has 1 rings (SSSR count). The van der Waals surface area contributed by atoms with E-state index in [-0.39, 0.29) is 11.4 Å². The lowest BCUT2D eigenvalue weighted by Gasteiger charge is -2.43. The van der Waals surface area contributed by atoms with Gasteiger partial charge in [0.25, 0.3) is 0 Å². The van der Waals surface area contributed by atoms with Crippen molar-refractivity contribution in [3.05, 3.63) is 0 Å². The Morgan fingerprint density at radius 2 is 1.29 bits per heavy atom. The number of piperazine rings is 1. The van der Waals surface area contributed by atoms with E-state index in [4.69, 9.17) is 0 Å². The number of hydrogen-bond donors (Lipinski definition) is 0. The number of carbonyl (C=O) groups excluding carboxylic acids is 1. The minimum absolute atomic E-state index is 0.00984. The lowest BCUT2D eigenvalue weighted by molar-refractivity contribution is -0.141. The molecule has 0 aromatic heterocycles. The Bertz CT molecular complexity index is 179. The fourth-order valence-electron chi connectivity index (χ4n) is 1.50. The Kier molecular flexibility index (Phi) is 15.2. The maximum atomic E-state index is 11.3. The SMILES string of the molecule is CC.CC.CC.CN1CC(=O)N(C)C(C)(C)C1. The Hall–Kier alpha value is -0.570. The van der Waals surface area contributed by atoms with Crippen LogP contribution < -0.4 is 0 Å². The van der Waals surface area contributed by atoms with Crippen molar-refractivity contribution < 1.29 is 4.79 Å². The zero-order chi connectivity index (χ0) is 14.6. The van der Waals surface area contributed by atoms with Gasteiger partial charge in [-0.05, 0) is 20.9 Å². The van der Waals surface area contributed by atoms with Crippen LogP contribution in [-0.4, -0.2) is 48.4 Å². The lowest BCUT2D eigenvalue weighted by atomic mass is 10.00. The van der Waals surface area contributed by atoms with E-state index in [9.17, 15) is 4.79 Å². The zero-order valence-electron chi connectivity index (χ0n) is 13.7. The molecular formula is C14H34N2O. The quantitative estimate of drug-likeness (QED) is 0.655. The predicted molar refractivity (Wildman–Crippen MR) is 78.4 cm³/mol. The van der Waals surface area contributed by atoms with Crippen LogP contribution in [0.15, 0.2) is 0 Å². The Labute approximate surface area is 109 Å². The van der Waals surface area contributed by atoms with Crippen molar-refractivity contribution in [2.45, 2.75) is 60.9 Å². The molecule has 0 spiro atoms. The second-order valence-electron chi connectivity index (χ2n) is 3.94. The second-order valence-corrected chi connectivity index (χ2v) is 3.94. The van der Waals surface area contributed by atoms with Crippen LogP contribution in [0.4, 0.5) is 0 Å². The highest BCUT2D eigenvalue weighted by molar-refractivity contribution is 5.79. The first kappa shape index (κ1) is 21.7. The number of carbonyl (C=O) groups is 1. The molecule has 1 aliphatic heterocycles. The van der Waals surface area contributed by atoms with Crippen LogP contribution in [0.1, 0.15) is 55.4 Å². The molecule has 1 heterocycles. The van der Waals surface area contributed by atoms with Gasteiger partial charge in [-0.15, -0.1) is 0 Å². The van der Waals surface area contributed by atoms with Crippen LogP contribution >= 0.6 is 0 Å². The molecule has 106 valence electrons. The normalized spacial score (nSPS) is 17.8. The molecule has 0 unspecified atom stereocenters. The van der Waals surface area contributed by atoms with E-state index in [1.807, 2.05) is 60.5 Å². The maximum absolute atomic E-state index is 11.3. The molecule has 1 amide bonds. The number of rotatable bonds is 0. The average Bonchev–Trinajstić information content (AvgIpc) is 2.33. The summed E-state index contributed by atoms with van der Waals surface area (Å²) in [5.74, 6) is 0.212. The van der Waals surface area contributed by atoms with Gasteiger partial charge in [-0.3, -0.25) is 9.69 Å². The van der Waals surface area contributed by atoms with Crippen LogP contribution in [0.2, 0.25) is 0 Å². The first-order valence-corrected chi connectivity index (χ1v) is 6.89. The van der Waals surface area contributed by atoms with Crippen molar-refractivity contribution in [3.63, 3.8) is 0 Å². The summed E-state index contributed by atoms with van der Waals surface area (Å²) in [5, 5.41) is 0. The molecule has 0 atom stereocenters. The summed E-state index contributed by atoms with van der Waals surface area (Å²) in [6.45, 7) is 17.7. The highest BCUT2D eigenvalue weighted by Crippen LogP contribution is 2.17. The molecule has 3 heteroatoms. The van der Waals surface area contributed by atoms with Crippen molar-refractivity contribution in [2.75, 3.05) is 27.2 Å². The number of amides is 1. The fourth-order valence-corrected chi connectivity index (χ4v) is 1.50. The molecule has 0 saturated carbocycles. The van der Waals surface area contributed by atoms with E-state index < -0.39 is 0 Å². The lowest BCUT2D eigenvalue weighted by Crippen LogP contribution is -2.59. The minimum atomic E-state index is -0.00984. The predicted octanol–water partition coefficient (Wildman–Crippen LogP) is 3.25. The van der Waals surface area contributed by atoms with E-state index in [1.54, 1.807) is 0 Å². The summed E-state index contributed by atoms with van der Waals surface area (Å²) in [7, 11) is 3.85. The average molecular weight is 246 g/mol. The zero-order valence-corrected chi connectivity index (χ0v) is 13.7. The largest absolute Gasteiger partial charge is 0.338 e. The van der Waals surface area contributed by atoms with Crippen LogP contribution in [0.3, 0.4) is 0 Å². The van der Waals surface area contributed by atoms with Gasteiger partial charge in [0, 0.05) is 19.1 Å². The van der Waals surface area contributed by atoms with E-state index in [0.29, 0.717) is 6.54 Å². The van der Waals surface area contributed by atoms with Gasteiger partial charge in [0.15, 0.2) is 0 Å². The van der Waals surface area contributed by atoms with Gasteiger partial charge in [0.2, 0.25) is 5.91 Å². The van der Waals surface area contributed by atoms with Crippen molar-refractivity contribution in [3.8, 4) is 0 Å². The molecule has 3 nitrogen and oxygen atoms in total. The Morgan fingerprint density at radius 3 is 1.59 bits per heavy atom. The van der Waals surface area contributed by atoms with E-state index >= 15 is 0 Å². The van der Waals surface area contributed by atoms with E-state index in [2.05, 4.69) is 18.7 Å². The third-order valence-corrected chi connectivity index (χ3v) is 2.34. The molecule has 0 bridgehead atoms. The van der Waals surface area contributed by atoms with Crippen molar-refractivity contribution in [1.29, 1.82) is 0 Å². The number of nitrogens with zero attached hydrogens (tertiary/aromatic N) is 2.